The molecular formula is C16H25N5. The van der Waals surface area contributed by atoms with E-state index in [1.807, 2.05) is 16.7 Å². The van der Waals surface area contributed by atoms with Gasteiger partial charge in [-0.3, -0.25) is 9.30 Å². The molecule has 1 unspecified atom stereocenters. The first-order valence-electron chi connectivity index (χ1n) is 7.95. The fourth-order valence-electron chi connectivity index (χ4n) is 3.13. The molecule has 2 aromatic heterocycles. The summed E-state index contributed by atoms with van der Waals surface area (Å²) < 4.78 is 2.00. The molecule has 3 heterocycles. The van der Waals surface area contributed by atoms with Crippen LogP contribution < -0.4 is 5.32 Å². The Labute approximate surface area is 126 Å². The van der Waals surface area contributed by atoms with Gasteiger partial charge in [-0.05, 0) is 31.4 Å². The van der Waals surface area contributed by atoms with Crippen LogP contribution >= 0.6 is 0 Å². The van der Waals surface area contributed by atoms with E-state index in [1.165, 1.54) is 19.4 Å². The maximum atomic E-state index is 4.62. The van der Waals surface area contributed by atoms with Crippen LogP contribution in [0.15, 0.2) is 24.7 Å². The van der Waals surface area contributed by atoms with E-state index in [1.54, 1.807) is 6.20 Å². The second kappa shape index (κ2) is 6.54. The lowest BCUT2D eigenvalue weighted by atomic mass is 10.1. The summed E-state index contributed by atoms with van der Waals surface area (Å²) in [4.78, 5) is 11.4. The SMILES string of the molecule is CC(C)CN(Cc1cn2cccnc2n1)CC1CCCN1. The maximum Gasteiger partial charge on any atom is 0.233 e. The van der Waals surface area contributed by atoms with Crippen LogP contribution in [0.5, 0.6) is 0 Å². The highest BCUT2D eigenvalue weighted by Gasteiger charge is 2.19. The van der Waals surface area contributed by atoms with Crippen LogP contribution in [0, 0.1) is 5.92 Å². The molecule has 1 aliphatic heterocycles. The molecule has 1 aliphatic rings. The third kappa shape index (κ3) is 3.80. The molecule has 0 radical (unpaired) electrons. The van der Waals surface area contributed by atoms with Gasteiger partial charge in [0.15, 0.2) is 0 Å². The Hall–Kier alpha value is -1.46. The molecule has 5 heteroatoms. The van der Waals surface area contributed by atoms with E-state index in [2.05, 4.69) is 40.2 Å². The van der Waals surface area contributed by atoms with Gasteiger partial charge in [-0.2, -0.15) is 0 Å². The predicted molar refractivity (Wildman–Crippen MR) is 84.1 cm³/mol. The van der Waals surface area contributed by atoms with Gasteiger partial charge in [0.2, 0.25) is 5.78 Å². The number of hydrogen-bond acceptors (Lipinski definition) is 4. The molecule has 0 spiro atoms. The minimum Gasteiger partial charge on any atom is -0.313 e. The van der Waals surface area contributed by atoms with Crippen molar-refractivity contribution in [2.45, 2.75) is 39.3 Å². The third-order valence-corrected chi connectivity index (χ3v) is 3.94. The average Bonchev–Trinajstić information content (AvgIpc) is 3.06. The van der Waals surface area contributed by atoms with E-state index in [9.17, 15) is 0 Å². The van der Waals surface area contributed by atoms with Gasteiger partial charge in [-0.25, -0.2) is 9.97 Å². The number of rotatable bonds is 6. The molecule has 1 N–H and O–H groups in total. The molecule has 114 valence electrons. The molecule has 0 amide bonds. The van der Waals surface area contributed by atoms with Crippen molar-refractivity contribution in [1.82, 2.24) is 24.6 Å². The molecule has 21 heavy (non-hydrogen) atoms. The summed E-state index contributed by atoms with van der Waals surface area (Å²) in [6.07, 6.45) is 8.49. The standard InChI is InChI=1S/C16H25N5/c1-13(2)9-20(10-14-5-3-6-17-14)11-15-12-21-8-4-7-18-16(21)19-15/h4,7-8,12-14,17H,3,5-6,9-11H2,1-2H3. The molecule has 0 bridgehead atoms. The van der Waals surface area contributed by atoms with Crippen LogP contribution in [-0.2, 0) is 6.54 Å². The van der Waals surface area contributed by atoms with Crippen molar-refractivity contribution in [2.75, 3.05) is 19.6 Å². The van der Waals surface area contributed by atoms with Crippen molar-refractivity contribution in [3.05, 3.63) is 30.4 Å². The Morgan fingerprint density at radius 2 is 2.38 bits per heavy atom. The van der Waals surface area contributed by atoms with Gasteiger partial charge in [0.05, 0.1) is 5.69 Å². The number of imidazole rings is 1. The van der Waals surface area contributed by atoms with Crippen molar-refractivity contribution in [1.29, 1.82) is 0 Å². The van der Waals surface area contributed by atoms with Crippen LogP contribution in [0.3, 0.4) is 0 Å². The van der Waals surface area contributed by atoms with Crippen molar-refractivity contribution in [3.8, 4) is 0 Å². The summed E-state index contributed by atoms with van der Waals surface area (Å²) in [7, 11) is 0. The first kappa shape index (κ1) is 14.5. The van der Waals surface area contributed by atoms with Crippen molar-refractivity contribution >= 4 is 5.78 Å². The quantitative estimate of drug-likeness (QED) is 0.882. The Morgan fingerprint density at radius 3 is 3.10 bits per heavy atom. The Kier molecular flexibility index (Phi) is 4.51. The smallest absolute Gasteiger partial charge is 0.233 e. The lowest BCUT2D eigenvalue weighted by Gasteiger charge is -2.26. The number of hydrogen-bond donors (Lipinski definition) is 1. The second-order valence-electron chi connectivity index (χ2n) is 6.44. The Morgan fingerprint density at radius 1 is 1.48 bits per heavy atom. The zero-order valence-corrected chi connectivity index (χ0v) is 13.0. The summed E-state index contributed by atoms with van der Waals surface area (Å²) in [5, 5.41) is 3.59. The normalized spacial score (nSPS) is 19.1. The Bertz CT molecular complexity index is 538. The van der Waals surface area contributed by atoms with Crippen LogP contribution in [0.2, 0.25) is 0 Å². The van der Waals surface area contributed by atoms with E-state index >= 15 is 0 Å². The van der Waals surface area contributed by atoms with Gasteiger partial charge in [0.25, 0.3) is 0 Å². The van der Waals surface area contributed by atoms with E-state index in [-0.39, 0.29) is 0 Å². The lowest BCUT2D eigenvalue weighted by Crippen LogP contribution is -2.39. The minimum atomic E-state index is 0.638. The molecular weight excluding hydrogens is 262 g/mol. The monoisotopic (exact) mass is 287 g/mol. The Balaban J connectivity index is 1.69. The summed E-state index contributed by atoms with van der Waals surface area (Å²) in [5.74, 6) is 1.46. The van der Waals surface area contributed by atoms with Crippen LogP contribution in [0.25, 0.3) is 5.78 Å². The zero-order valence-electron chi connectivity index (χ0n) is 13.0. The number of nitrogens with zero attached hydrogens (tertiary/aromatic N) is 4. The maximum absolute atomic E-state index is 4.62. The molecule has 1 atom stereocenters. The molecule has 0 aliphatic carbocycles. The van der Waals surface area contributed by atoms with Crippen molar-refractivity contribution in [2.24, 2.45) is 5.92 Å². The molecule has 0 aromatic carbocycles. The molecule has 2 aromatic rings. The number of nitrogens with one attached hydrogen (secondary N) is 1. The van der Waals surface area contributed by atoms with Crippen LogP contribution in [0.4, 0.5) is 0 Å². The molecule has 1 saturated heterocycles. The number of aromatic nitrogens is 3. The average molecular weight is 287 g/mol. The van der Waals surface area contributed by atoms with E-state index in [4.69, 9.17) is 0 Å². The predicted octanol–water partition coefficient (Wildman–Crippen LogP) is 1.94. The van der Waals surface area contributed by atoms with Gasteiger partial charge in [-0.15, -0.1) is 0 Å². The van der Waals surface area contributed by atoms with E-state index in [0.717, 1.165) is 31.1 Å². The van der Waals surface area contributed by atoms with Gasteiger partial charge in [-0.1, -0.05) is 13.8 Å². The third-order valence-electron chi connectivity index (χ3n) is 3.94. The van der Waals surface area contributed by atoms with Crippen LogP contribution in [-0.4, -0.2) is 44.9 Å². The minimum absolute atomic E-state index is 0.638. The molecule has 0 saturated carbocycles. The molecule has 1 fully saturated rings. The van der Waals surface area contributed by atoms with Crippen LogP contribution in [0.1, 0.15) is 32.4 Å². The molecule has 5 nitrogen and oxygen atoms in total. The summed E-state index contributed by atoms with van der Waals surface area (Å²) in [5.41, 5.74) is 1.10. The fourth-order valence-corrected chi connectivity index (χ4v) is 3.13. The van der Waals surface area contributed by atoms with Gasteiger partial charge < -0.3 is 5.32 Å². The highest BCUT2D eigenvalue weighted by molar-refractivity contribution is 5.29. The molecule has 3 rings (SSSR count). The summed E-state index contributed by atoms with van der Waals surface area (Å²) in [6.45, 7) is 8.84. The largest absolute Gasteiger partial charge is 0.313 e. The fraction of sp³-hybridized carbons (Fsp3) is 0.625. The van der Waals surface area contributed by atoms with Gasteiger partial charge >= 0.3 is 0 Å². The van der Waals surface area contributed by atoms with Crippen molar-refractivity contribution in [3.63, 3.8) is 0 Å². The lowest BCUT2D eigenvalue weighted by molar-refractivity contribution is 0.214. The second-order valence-corrected chi connectivity index (χ2v) is 6.44. The van der Waals surface area contributed by atoms with E-state index < -0.39 is 0 Å². The topological polar surface area (TPSA) is 45.5 Å². The highest BCUT2D eigenvalue weighted by Crippen LogP contribution is 2.12. The summed E-state index contributed by atoms with van der Waals surface area (Å²) in [6, 6.07) is 2.58. The first-order valence-corrected chi connectivity index (χ1v) is 7.95. The zero-order chi connectivity index (χ0) is 14.7. The first-order chi connectivity index (χ1) is 10.2. The summed E-state index contributed by atoms with van der Waals surface area (Å²) >= 11 is 0. The van der Waals surface area contributed by atoms with Crippen molar-refractivity contribution < 1.29 is 0 Å². The van der Waals surface area contributed by atoms with Gasteiger partial charge in [0.1, 0.15) is 0 Å². The highest BCUT2D eigenvalue weighted by atomic mass is 15.2. The number of fused-ring (bicyclic) bond motifs is 1. The van der Waals surface area contributed by atoms with Gasteiger partial charge in [0, 0.05) is 44.3 Å². The van der Waals surface area contributed by atoms with E-state index in [0.29, 0.717) is 12.0 Å².